The zero-order valence-electron chi connectivity index (χ0n) is 19.6. The van der Waals surface area contributed by atoms with Gasteiger partial charge in [0.05, 0.1) is 4.90 Å². The summed E-state index contributed by atoms with van der Waals surface area (Å²) < 4.78 is 28.8. The number of hydrogen-bond donors (Lipinski definition) is 1. The molecule has 1 N–H and O–H groups in total. The van der Waals surface area contributed by atoms with E-state index in [0.29, 0.717) is 5.02 Å². The molecule has 34 heavy (non-hydrogen) atoms. The molecule has 180 valence electrons. The van der Waals surface area contributed by atoms with Crippen LogP contribution in [0.25, 0.3) is 0 Å². The number of rotatable bonds is 8. The van der Waals surface area contributed by atoms with Crippen LogP contribution >= 0.6 is 11.6 Å². The highest BCUT2D eigenvalue weighted by Gasteiger charge is 2.27. The number of piperazine rings is 1. The fraction of sp³-hybridized carbons (Fsp3) is 0.308. The van der Waals surface area contributed by atoms with Gasteiger partial charge in [-0.25, -0.2) is 13.1 Å². The minimum atomic E-state index is -3.68. The van der Waals surface area contributed by atoms with Crippen LogP contribution in [-0.2, 0) is 10.0 Å². The van der Waals surface area contributed by atoms with Crippen molar-refractivity contribution in [3.63, 3.8) is 0 Å². The number of nitrogens with one attached hydrogen (secondary N) is 1. The maximum absolute atomic E-state index is 13.0. The van der Waals surface area contributed by atoms with Gasteiger partial charge in [-0.2, -0.15) is 0 Å². The van der Waals surface area contributed by atoms with Gasteiger partial charge in [0.25, 0.3) is 0 Å². The lowest BCUT2D eigenvalue weighted by Crippen LogP contribution is -2.49. The van der Waals surface area contributed by atoms with Crippen LogP contribution in [0.3, 0.4) is 0 Å². The molecular formula is C26H31ClN4O2S. The van der Waals surface area contributed by atoms with Gasteiger partial charge in [-0.05, 0) is 48.0 Å². The Morgan fingerprint density at radius 3 is 2.21 bits per heavy atom. The molecule has 0 saturated carbocycles. The minimum absolute atomic E-state index is 0.0805. The van der Waals surface area contributed by atoms with E-state index in [1.807, 2.05) is 20.2 Å². The monoisotopic (exact) mass is 498 g/mol. The van der Waals surface area contributed by atoms with Gasteiger partial charge in [0.2, 0.25) is 10.0 Å². The average Bonchev–Trinajstić information content (AvgIpc) is 2.85. The highest BCUT2D eigenvalue weighted by atomic mass is 35.5. The smallest absolute Gasteiger partial charge is 0.240 e. The number of benzene rings is 3. The summed E-state index contributed by atoms with van der Waals surface area (Å²) in [6, 6.07) is 25.0. The number of sulfonamides is 1. The number of halogens is 1. The number of hydrogen-bond acceptors (Lipinski definition) is 5. The summed E-state index contributed by atoms with van der Waals surface area (Å²) >= 11 is 6.03. The molecule has 0 amide bonds. The second-order valence-corrected chi connectivity index (χ2v) is 10.9. The highest BCUT2D eigenvalue weighted by Crippen LogP contribution is 2.26. The second-order valence-electron chi connectivity index (χ2n) is 8.67. The van der Waals surface area contributed by atoms with Crippen LogP contribution in [0.1, 0.15) is 11.6 Å². The van der Waals surface area contributed by atoms with E-state index < -0.39 is 10.0 Å². The van der Waals surface area contributed by atoms with Gasteiger partial charge in [0.1, 0.15) is 0 Å². The third-order valence-corrected chi connectivity index (χ3v) is 7.90. The van der Waals surface area contributed by atoms with Crippen LogP contribution in [0.2, 0.25) is 5.02 Å². The van der Waals surface area contributed by atoms with Crippen LogP contribution in [0.5, 0.6) is 0 Å². The van der Waals surface area contributed by atoms with Gasteiger partial charge >= 0.3 is 0 Å². The minimum Gasteiger partial charge on any atom is -0.378 e. The van der Waals surface area contributed by atoms with Crippen molar-refractivity contribution in [1.82, 2.24) is 9.62 Å². The Kier molecular flexibility index (Phi) is 7.78. The van der Waals surface area contributed by atoms with Crippen molar-refractivity contribution in [3.8, 4) is 0 Å². The molecule has 1 unspecified atom stereocenters. The summed E-state index contributed by atoms with van der Waals surface area (Å²) in [4.78, 5) is 6.97. The molecule has 0 aromatic heterocycles. The summed E-state index contributed by atoms with van der Waals surface area (Å²) in [5.41, 5.74) is 3.42. The molecule has 1 aliphatic rings. The van der Waals surface area contributed by atoms with Crippen LogP contribution in [0.15, 0.2) is 83.8 Å². The van der Waals surface area contributed by atoms with Gasteiger partial charge in [-0.1, -0.05) is 48.0 Å². The van der Waals surface area contributed by atoms with E-state index in [4.69, 9.17) is 11.6 Å². The van der Waals surface area contributed by atoms with Gasteiger partial charge in [-0.15, -0.1) is 0 Å². The molecule has 4 rings (SSSR count). The van der Waals surface area contributed by atoms with Crippen LogP contribution in [-0.4, -0.2) is 60.1 Å². The first-order valence-corrected chi connectivity index (χ1v) is 13.3. The molecule has 6 nitrogen and oxygen atoms in total. The molecule has 0 aliphatic carbocycles. The Balaban J connectivity index is 1.52. The Morgan fingerprint density at radius 1 is 0.912 bits per heavy atom. The average molecular weight is 499 g/mol. The molecule has 0 radical (unpaired) electrons. The van der Waals surface area contributed by atoms with E-state index in [9.17, 15) is 8.42 Å². The number of anilines is 2. The lowest BCUT2D eigenvalue weighted by molar-refractivity contribution is 0.187. The maximum Gasteiger partial charge on any atom is 0.240 e. The molecule has 8 heteroatoms. The van der Waals surface area contributed by atoms with Crippen molar-refractivity contribution in [2.45, 2.75) is 10.9 Å². The molecule has 3 aromatic carbocycles. The summed E-state index contributed by atoms with van der Waals surface area (Å²) in [5, 5.41) is 0.399. The molecule has 1 atom stereocenters. The molecule has 0 spiro atoms. The summed E-state index contributed by atoms with van der Waals surface area (Å²) in [6.07, 6.45) is 0. The van der Waals surface area contributed by atoms with E-state index in [2.05, 4.69) is 68.0 Å². The topological polar surface area (TPSA) is 55.9 Å². The first-order valence-electron chi connectivity index (χ1n) is 11.4. The van der Waals surface area contributed by atoms with E-state index >= 15 is 0 Å². The largest absolute Gasteiger partial charge is 0.378 e. The quantitative estimate of drug-likeness (QED) is 0.503. The van der Waals surface area contributed by atoms with E-state index in [1.165, 1.54) is 11.8 Å². The second kappa shape index (κ2) is 10.8. The van der Waals surface area contributed by atoms with Crippen molar-refractivity contribution in [3.05, 3.63) is 89.4 Å². The molecule has 3 aromatic rings. The van der Waals surface area contributed by atoms with Gasteiger partial charge in [0, 0.05) is 69.3 Å². The fourth-order valence-electron chi connectivity index (χ4n) is 4.29. The van der Waals surface area contributed by atoms with Crippen LogP contribution in [0, 0.1) is 0 Å². The maximum atomic E-state index is 13.0. The van der Waals surface area contributed by atoms with Crippen LogP contribution in [0.4, 0.5) is 11.4 Å². The van der Waals surface area contributed by atoms with Crippen LogP contribution < -0.4 is 14.5 Å². The first-order chi connectivity index (χ1) is 16.3. The van der Waals surface area contributed by atoms with Gasteiger partial charge < -0.3 is 9.80 Å². The van der Waals surface area contributed by atoms with Gasteiger partial charge in [0.15, 0.2) is 0 Å². The Labute approximate surface area is 207 Å². The van der Waals surface area contributed by atoms with Crippen molar-refractivity contribution >= 4 is 33.0 Å². The third-order valence-electron chi connectivity index (χ3n) is 6.24. The highest BCUT2D eigenvalue weighted by molar-refractivity contribution is 7.89. The number of para-hydroxylation sites is 1. The molecular weight excluding hydrogens is 468 g/mol. The predicted molar refractivity (Wildman–Crippen MR) is 140 cm³/mol. The predicted octanol–water partition coefficient (Wildman–Crippen LogP) is 4.25. The van der Waals surface area contributed by atoms with E-state index in [-0.39, 0.29) is 17.5 Å². The first kappa shape index (κ1) is 24.5. The Bertz CT molecular complexity index is 1180. The normalized spacial score (nSPS) is 15.8. The third kappa shape index (κ3) is 5.91. The van der Waals surface area contributed by atoms with Crippen molar-refractivity contribution in [2.24, 2.45) is 0 Å². The van der Waals surface area contributed by atoms with Gasteiger partial charge in [-0.3, -0.25) is 4.90 Å². The zero-order valence-corrected chi connectivity index (χ0v) is 21.1. The Hall–Kier alpha value is -2.58. The fourth-order valence-corrected chi connectivity index (χ4v) is 5.63. The SMILES string of the molecule is CN(C)c1ccc(C(CNS(=O)(=O)c2cccc(Cl)c2)N2CCN(c3ccccc3)CC2)cc1. The van der Waals surface area contributed by atoms with Crippen molar-refractivity contribution in [2.75, 3.05) is 56.6 Å². The van der Waals surface area contributed by atoms with Crippen molar-refractivity contribution in [1.29, 1.82) is 0 Å². The Morgan fingerprint density at radius 2 is 1.59 bits per heavy atom. The molecule has 1 saturated heterocycles. The number of nitrogens with zero attached hydrogens (tertiary/aromatic N) is 3. The summed E-state index contributed by atoms with van der Waals surface area (Å²) in [5.74, 6) is 0. The van der Waals surface area contributed by atoms with Crippen molar-refractivity contribution < 1.29 is 8.42 Å². The molecule has 1 fully saturated rings. The van der Waals surface area contributed by atoms with E-state index in [0.717, 1.165) is 37.4 Å². The van der Waals surface area contributed by atoms with E-state index in [1.54, 1.807) is 18.2 Å². The molecule has 0 bridgehead atoms. The standard InChI is InChI=1S/C26H31ClN4O2S/c1-29(2)23-13-11-21(12-14-23)26(20-28-34(32,33)25-10-6-7-22(27)19-25)31-17-15-30(16-18-31)24-8-4-3-5-9-24/h3-14,19,26,28H,15-18,20H2,1-2H3. The summed E-state index contributed by atoms with van der Waals surface area (Å²) in [7, 11) is 0.337. The summed E-state index contributed by atoms with van der Waals surface area (Å²) in [6.45, 7) is 3.73. The molecule has 1 heterocycles. The zero-order chi connectivity index (χ0) is 24.1. The lowest BCUT2D eigenvalue weighted by Gasteiger charge is -2.40. The molecule has 1 aliphatic heterocycles. The lowest BCUT2D eigenvalue weighted by atomic mass is 10.0.